The van der Waals surface area contributed by atoms with E-state index in [1.165, 1.54) is 12.1 Å². The van der Waals surface area contributed by atoms with Crippen molar-refractivity contribution in [2.24, 2.45) is 0 Å². The van der Waals surface area contributed by atoms with Crippen LogP contribution in [0.15, 0.2) is 72.9 Å². The number of aromatic nitrogens is 1. The van der Waals surface area contributed by atoms with E-state index in [1.54, 1.807) is 18.3 Å². The fraction of sp³-hybridized carbons (Fsp3) is 0.143. The Morgan fingerprint density at radius 2 is 1.85 bits per heavy atom. The van der Waals surface area contributed by atoms with E-state index >= 15 is 0 Å². The molecule has 4 rings (SSSR count). The Balaban J connectivity index is 1.63. The number of para-hydroxylation sites is 1. The third-order valence-electron chi connectivity index (χ3n) is 4.49. The van der Waals surface area contributed by atoms with Crippen LogP contribution in [0.1, 0.15) is 28.8 Å². The molecule has 0 spiro atoms. The number of hydrogen-bond acceptors (Lipinski definition) is 3. The molecule has 1 aromatic heterocycles. The highest BCUT2D eigenvalue weighted by atomic mass is 19.1. The first-order chi connectivity index (χ1) is 12.7. The molecule has 0 saturated heterocycles. The van der Waals surface area contributed by atoms with Crippen LogP contribution in [0.25, 0.3) is 0 Å². The maximum absolute atomic E-state index is 13.3. The zero-order valence-electron chi connectivity index (χ0n) is 13.9. The Hall–Kier alpha value is -3.21. The first-order valence-electron chi connectivity index (χ1n) is 8.41. The minimum Gasteiger partial charge on any atom is -0.492 e. The van der Waals surface area contributed by atoms with Crippen LogP contribution in [0.4, 0.5) is 4.39 Å². The predicted octanol–water partition coefficient (Wildman–Crippen LogP) is 3.60. The second kappa shape index (κ2) is 6.96. The molecule has 1 amide bonds. The van der Waals surface area contributed by atoms with E-state index in [-0.39, 0.29) is 17.6 Å². The molecule has 0 radical (unpaired) electrons. The Labute approximate surface area is 150 Å². The van der Waals surface area contributed by atoms with E-state index < -0.39 is 6.04 Å². The van der Waals surface area contributed by atoms with Crippen LogP contribution < -0.4 is 10.1 Å². The number of carbonyl (C=O) groups is 1. The molecule has 4 nitrogen and oxygen atoms in total. The number of rotatable bonds is 4. The predicted molar refractivity (Wildman–Crippen MR) is 95.3 cm³/mol. The monoisotopic (exact) mass is 348 g/mol. The maximum Gasteiger partial charge on any atom is 0.231 e. The van der Waals surface area contributed by atoms with E-state index in [9.17, 15) is 9.18 Å². The fourth-order valence-corrected chi connectivity index (χ4v) is 3.15. The van der Waals surface area contributed by atoms with Crippen molar-refractivity contribution in [2.45, 2.75) is 12.0 Å². The number of hydrogen-bond donors (Lipinski definition) is 1. The number of halogens is 1. The molecule has 1 aliphatic heterocycles. The van der Waals surface area contributed by atoms with E-state index in [0.29, 0.717) is 12.3 Å². The van der Waals surface area contributed by atoms with Gasteiger partial charge in [-0.3, -0.25) is 9.78 Å². The van der Waals surface area contributed by atoms with Gasteiger partial charge < -0.3 is 10.1 Å². The number of nitrogens with one attached hydrogen (secondary N) is 1. The molecule has 0 unspecified atom stereocenters. The number of nitrogens with zero attached hydrogens (tertiary/aromatic N) is 1. The van der Waals surface area contributed by atoms with E-state index in [1.807, 2.05) is 42.5 Å². The van der Waals surface area contributed by atoms with Gasteiger partial charge in [-0.05, 0) is 35.9 Å². The molecule has 26 heavy (non-hydrogen) atoms. The van der Waals surface area contributed by atoms with Gasteiger partial charge in [-0.1, -0.05) is 36.4 Å². The third kappa shape index (κ3) is 3.16. The van der Waals surface area contributed by atoms with Gasteiger partial charge in [-0.15, -0.1) is 0 Å². The summed E-state index contributed by atoms with van der Waals surface area (Å²) in [5.41, 5.74) is 2.34. The molecule has 2 atom stereocenters. The fourth-order valence-electron chi connectivity index (χ4n) is 3.15. The Morgan fingerprint density at radius 3 is 2.62 bits per heavy atom. The van der Waals surface area contributed by atoms with Gasteiger partial charge in [0.15, 0.2) is 0 Å². The first-order valence-corrected chi connectivity index (χ1v) is 8.41. The average Bonchev–Trinajstić information content (AvgIpc) is 3.12. The van der Waals surface area contributed by atoms with Crippen LogP contribution in [-0.2, 0) is 4.79 Å². The van der Waals surface area contributed by atoms with Crippen LogP contribution in [0, 0.1) is 5.82 Å². The van der Waals surface area contributed by atoms with Crippen molar-refractivity contribution in [1.82, 2.24) is 10.3 Å². The number of benzene rings is 2. The van der Waals surface area contributed by atoms with Crippen molar-refractivity contribution < 1.29 is 13.9 Å². The minimum absolute atomic E-state index is 0.144. The lowest BCUT2D eigenvalue weighted by atomic mass is 9.98. The van der Waals surface area contributed by atoms with E-state index in [0.717, 1.165) is 16.9 Å². The van der Waals surface area contributed by atoms with Gasteiger partial charge in [-0.25, -0.2) is 4.39 Å². The smallest absolute Gasteiger partial charge is 0.231 e. The van der Waals surface area contributed by atoms with Gasteiger partial charge in [0.25, 0.3) is 0 Å². The molecule has 1 N–H and O–H groups in total. The maximum atomic E-state index is 13.3. The van der Waals surface area contributed by atoms with Crippen LogP contribution in [0.3, 0.4) is 0 Å². The van der Waals surface area contributed by atoms with Gasteiger partial charge >= 0.3 is 0 Å². The summed E-state index contributed by atoms with van der Waals surface area (Å²) in [7, 11) is 0. The molecule has 0 saturated carbocycles. The summed E-state index contributed by atoms with van der Waals surface area (Å²) in [6.07, 6.45) is 1.67. The van der Waals surface area contributed by atoms with Crippen LogP contribution >= 0.6 is 0 Å². The molecular formula is C21H17FN2O2. The quantitative estimate of drug-likeness (QED) is 0.784. The largest absolute Gasteiger partial charge is 0.492 e. The van der Waals surface area contributed by atoms with Gasteiger partial charge in [-0.2, -0.15) is 0 Å². The number of amides is 1. The third-order valence-corrected chi connectivity index (χ3v) is 4.49. The normalized spacial score (nSPS) is 16.4. The van der Waals surface area contributed by atoms with Crippen molar-refractivity contribution in [1.29, 1.82) is 0 Å². The average molecular weight is 348 g/mol. The lowest BCUT2D eigenvalue weighted by Gasteiger charge is -2.21. The van der Waals surface area contributed by atoms with Gasteiger partial charge in [0.2, 0.25) is 5.91 Å². The Bertz CT molecular complexity index is 913. The van der Waals surface area contributed by atoms with Crippen LogP contribution in [0.2, 0.25) is 0 Å². The van der Waals surface area contributed by atoms with Crippen molar-refractivity contribution in [2.75, 3.05) is 6.61 Å². The van der Waals surface area contributed by atoms with Gasteiger partial charge in [0.05, 0.1) is 11.7 Å². The highest BCUT2D eigenvalue weighted by molar-refractivity contribution is 5.86. The summed E-state index contributed by atoms with van der Waals surface area (Å²) in [5, 5.41) is 3.05. The summed E-state index contributed by atoms with van der Waals surface area (Å²) in [5.74, 6) is -0.102. The Kier molecular flexibility index (Phi) is 4.35. The molecule has 2 heterocycles. The summed E-state index contributed by atoms with van der Waals surface area (Å²) in [4.78, 5) is 17.3. The topological polar surface area (TPSA) is 51.2 Å². The second-order valence-electron chi connectivity index (χ2n) is 6.15. The molecule has 1 aliphatic rings. The lowest BCUT2D eigenvalue weighted by Crippen LogP contribution is -2.34. The first kappa shape index (κ1) is 16.3. The number of pyridine rings is 1. The standard InChI is InChI=1S/C21H17FN2O2/c22-15-10-8-14(9-11-15)20(18-6-3-4-12-23-18)24-21(25)17-13-26-19-7-2-1-5-16(17)19/h1-12,17,20H,13H2,(H,24,25)/t17-,20-/m1/s1. The number of ether oxygens (including phenoxy) is 1. The minimum atomic E-state index is -0.461. The lowest BCUT2D eigenvalue weighted by molar-refractivity contribution is -0.123. The van der Waals surface area contributed by atoms with E-state index in [2.05, 4.69) is 10.3 Å². The second-order valence-corrected chi connectivity index (χ2v) is 6.15. The van der Waals surface area contributed by atoms with Crippen LogP contribution in [0.5, 0.6) is 5.75 Å². The molecule has 0 bridgehead atoms. The van der Waals surface area contributed by atoms with E-state index in [4.69, 9.17) is 4.74 Å². The molecule has 0 aliphatic carbocycles. The van der Waals surface area contributed by atoms with Gasteiger partial charge in [0, 0.05) is 11.8 Å². The molecule has 2 aromatic carbocycles. The SMILES string of the molecule is O=C(N[C@H](c1ccc(F)cc1)c1ccccn1)[C@@H]1COc2ccccc21. The summed E-state index contributed by atoms with van der Waals surface area (Å²) in [6, 6.07) is 18.7. The number of carbonyl (C=O) groups excluding carboxylic acids is 1. The highest BCUT2D eigenvalue weighted by Crippen LogP contribution is 2.34. The summed E-state index contributed by atoms with van der Waals surface area (Å²) < 4.78 is 18.9. The molecule has 130 valence electrons. The molecule has 3 aromatic rings. The molecular weight excluding hydrogens is 331 g/mol. The molecule has 0 fully saturated rings. The summed E-state index contributed by atoms with van der Waals surface area (Å²) in [6.45, 7) is 0.309. The van der Waals surface area contributed by atoms with Crippen molar-refractivity contribution >= 4 is 5.91 Å². The van der Waals surface area contributed by atoms with Crippen molar-refractivity contribution in [3.05, 3.63) is 95.6 Å². The highest BCUT2D eigenvalue weighted by Gasteiger charge is 2.32. The summed E-state index contributed by atoms with van der Waals surface area (Å²) >= 11 is 0. The molecule has 5 heteroatoms. The zero-order valence-corrected chi connectivity index (χ0v) is 13.9. The van der Waals surface area contributed by atoms with Crippen molar-refractivity contribution in [3.63, 3.8) is 0 Å². The van der Waals surface area contributed by atoms with Gasteiger partial charge in [0.1, 0.15) is 24.1 Å². The van der Waals surface area contributed by atoms with Crippen LogP contribution in [-0.4, -0.2) is 17.5 Å². The zero-order chi connectivity index (χ0) is 17.9. The van der Waals surface area contributed by atoms with Crippen molar-refractivity contribution in [3.8, 4) is 5.75 Å². The number of fused-ring (bicyclic) bond motifs is 1. The Morgan fingerprint density at radius 1 is 1.08 bits per heavy atom.